The summed E-state index contributed by atoms with van der Waals surface area (Å²) >= 11 is 0. The van der Waals surface area contributed by atoms with E-state index in [9.17, 15) is 0 Å². The minimum absolute atomic E-state index is 0.365. The van der Waals surface area contributed by atoms with E-state index in [1.807, 2.05) is 0 Å². The third kappa shape index (κ3) is 180. The van der Waals surface area contributed by atoms with Crippen molar-refractivity contribution in [2.75, 3.05) is 6.61 Å². The van der Waals surface area contributed by atoms with Gasteiger partial charge in [0.25, 0.3) is 0 Å². The van der Waals surface area contributed by atoms with Crippen LogP contribution in [0.25, 0.3) is 0 Å². The summed E-state index contributed by atoms with van der Waals surface area (Å²) in [6.45, 7) is 38.3. The van der Waals surface area contributed by atoms with Gasteiger partial charge in [-0.15, -0.1) is 0 Å². The number of aliphatic hydroxyl groups excluding tert-OH is 1. The van der Waals surface area contributed by atoms with Crippen molar-refractivity contribution in [2.24, 2.45) is 0 Å². The van der Waals surface area contributed by atoms with Crippen LogP contribution in [-0.4, -0.2) is 11.7 Å². The van der Waals surface area contributed by atoms with Gasteiger partial charge in [0.05, 0.1) is 0 Å². The molecule has 0 saturated carbocycles. The first-order valence-corrected chi connectivity index (χ1v) is 26.8. The van der Waals surface area contributed by atoms with Crippen LogP contribution in [0.3, 0.4) is 0 Å². The van der Waals surface area contributed by atoms with Gasteiger partial charge in [0.1, 0.15) is 0 Å². The lowest BCUT2D eigenvalue weighted by Gasteiger charge is -1.93. The molecule has 0 amide bonds. The zero-order chi connectivity index (χ0) is 44.9. The Kier molecular flexibility index (Phi) is 152. The summed E-state index contributed by atoms with van der Waals surface area (Å²) in [5, 5.41) is 8.37. The van der Waals surface area contributed by atoms with E-state index in [2.05, 4.69) is 118 Å². The van der Waals surface area contributed by atoms with Crippen molar-refractivity contribution in [1.82, 2.24) is 0 Å². The number of hydrogen-bond donors (Lipinski definition) is 1. The molecular weight excluding hydrogens is 677 g/mol. The van der Waals surface area contributed by atoms with Crippen LogP contribution in [-0.2, 0) is 0 Å². The molecule has 0 saturated heterocycles. The molecule has 1 heteroatoms. The highest BCUT2D eigenvalue weighted by atomic mass is 16.2. The van der Waals surface area contributed by atoms with Gasteiger partial charge in [0.15, 0.2) is 0 Å². The van der Waals surface area contributed by atoms with Crippen LogP contribution in [0.4, 0.5) is 0 Å². The highest BCUT2D eigenvalue weighted by Crippen LogP contribution is 2.01. The summed E-state index contributed by atoms with van der Waals surface area (Å²) in [6, 6.07) is 0. The molecule has 1 N–H and O–H groups in total. The van der Waals surface area contributed by atoms with Gasteiger partial charge in [-0.25, -0.2) is 0 Å². The molecule has 0 aromatic heterocycles. The molecule has 56 heavy (non-hydrogen) atoms. The minimum atomic E-state index is 0.365. The van der Waals surface area contributed by atoms with Gasteiger partial charge in [0, 0.05) is 6.61 Å². The molecule has 354 valence electrons. The normalized spacial score (nSPS) is 9.11. The predicted molar refractivity (Wildman–Crippen MR) is 274 cm³/mol. The van der Waals surface area contributed by atoms with E-state index in [0.717, 1.165) is 6.42 Å². The second kappa shape index (κ2) is 111. The van der Waals surface area contributed by atoms with Crippen molar-refractivity contribution in [1.29, 1.82) is 0 Å². The fraction of sp³-hybridized carbons (Fsp3) is 1.00. The molecule has 0 spiro atoms. The van der Waals surface area contributed by atoms with Crippen molar-refractivity contribution in [3.8, 4) is 0 Å². The first kappa shape index (κ1) is 76.7. The van der Waals surface area contributed by atoms with Crippen LogP contribution in [0.5, 0.6) is 0 Å². The van der Waals surface area contributed by atoms with E-state index >= 15 is 0 Å². The quantitative estimate of drug-likeness (QED) is 0.0747. The molecule has 0 heterocycles. The van der Waals surface area contributed by atoms with E-state index < -0.39 is 0 Å². The summed E-state index contributed by atoms with van der Waals surface area (Å²) in [5.74, 6) is 0. The van der Waals surface area contributed by atoms with Crippen molar-refractivity contribution in [2.45, 2.75) is 355 Å². The summed E-state index contributed by atoms with van der Waals surface area (Å²) < 4.78 is 0. The topological polar surface area (TPSA) is 20.2 Å². The van der Waals surface area contributed by atoms with Gasteiger partial charge < -0.3 is 5.11 Å². The Morgan fingerprint density at radius 2 is 0.232 bits per heavy atom. The Labute approximate surface area is 365 Å². The van der Waals surface area contributed by atoms with Gasteiger partial charge in [-0.05, 0) is 6.42 Å². The lowest BCUT2D eigenvalue weighted by molar-refractivity contribution is 0.282. The Morgan fingerprint density at radius 3 is 0.321 bits per heavy atom. The Morgan fingerprint density at radius 1 is 0.143 bits per heavy atom. The van der Waals surface area contributed by atoms with Crippen LogP contribution < -0.4 is 0 Å². The molecule has 0 radical (unpaired) electrons. The first-order chi connectivity index (χ1) is 27.2. The van der Waals surface area contributed by atoms with Gasteiger partial charge in [0.2, 0.25) is 0 Å². The number of unbranched alkanes of at least 4 members (excludes halogenated alkanes) is 28. The summed E-state index contributed by atoms with van der Waals surface area (Å²) in [7, 11) is 0. The zero-order valence-corrected chi connectivity index (χ0v) is 44.3. The molecule has 0 atom stereocenters. The van der Waals surface area contributed by atoms with Gasteiger partial charge in [-0.3, -0.25) is 0 Å². The summed E-state index contributed by atoms with van der Waals surface area (Å²) in [6.07, 6.45) is 50.4. The highest BCUT2D eigenvalue weighted by Gasteiger charge is 1.84. The molecule has 0 aliphatic carbocycles. The van der Waals surface area contributed by atoms with Crippen LogP contribution in [0.1, 0.15) is 355 Å². The van der Waals surface area contributed by atoms with Crippen LogP contribution in [0.2, 0.25) is 0 Å². The molecule has 0 aromatic carbocycles. The zero-order valence-electron chi connectivity index (χ0n) is 44.3. The third-order valence-corrected chi connectivity index (χ3v) is 8.92. The Hall–Kier alpha value is -0.0400. The molecule has 0 aliphatic rings. The minimum Gasteiger partial charge on any atom is -0.396 e. The second-order valence-electron chi connectivity index (χ2n) is 15.8. The first-order valence-electron chi connectivity index (χ1n) is 26.8. The van der Waals surface area contributed by atoms with Crippen LogP contribution in [0.15, 0.2) is 0 Å². The largest absolute Gasteiger partial charge is 0.396 e. The molecule has 0 rings (SSSR count). The average Bonchev–Trinajstić information content (AvgIpc) is 3.23. The average molecular weight is 806 g/mol. The maximum atomic E-state index is 8.37. The Balaban J connectivity index is -0.0000000635. The van der Waals surface area contributed by atoms with Crippen molar-refractivity contribution >= 4 is 0 Å². The Bertz CT molecular complexity index is 272. The molecule has 1 nitrogen and oxygen atoms in total. The molecule has 0 fully saturated rings. The maximum Gasteiger partial charge on any atom is 0.0431 e. The molecule has 0 bridgehead atoms. The molecular formula is C55H128O. The van der Waals surface area contributed by atoms with E-state index in [1.54, 1.807) is 0 Å². The lowest BCUT2D eigenvalue weighted by atomic mass is 10.2. The third-order valence-electron chi connectivity index (χ3n) is 8.92. The number of rotatable bonds is 29. The molecule has 0 aromatic rings. The van der Waals surface area contributed by atoms with E-state index in [-0.39, 0.29) is 0 Å². The summed E-state index contributed by atoms with van der Waals surface area (Å²) in [4.78, 5) is 0. The molecule has 0 aliphatic heterocycles. The van der Waals surface area contributed by atoms with E-state index in [1.165, 1.54) is 231 Å². The van der Waals surface area contributed by atoms with Crippen LogP contribution >= 0.6 is 0 Å². The summed E-state index contributed by atoms with van der Waals surface area (Å²) in [5.41, 5.74) is 0. The fourth-order valence-corrected chi connectivity index (χ4v) is 4.72. The highest BCUT2D eigenvalue weighted by molar-refractivity contribution is 4.39. The monoisotopic (exact) mass is 805 g/mol. The van der Waals surface area contributed by atoms with Crippen LogP contribution in [0, 0.1) is 0 Å². The smallest absolute Gasteiger partial charge is 0.0431 e. The van der Waals surface area contributed by atoms with E-state index in [4.69, 9.17) is 5.11 Å². The maximum absolute atomic E-state index is 8.37. The van der Waals surface area contributed by atoms with Gasteiger partial charge >= 0.3 is 0 Å². The van der Waals surface area contributed by atoms with Crippen molar-refractivity contribution in [3.05, 3.63) is 0 Å². The van der Waals surface area contributed by atoms with Gasteiger partial charge in [-0.2, -0.15) is 0 Å². The van der Waals surface area contributed by atoms with E-state index in [0.29, 0.717) is 6.61 Å². The fourth-order valence-electron chi connectivity index (χ4n) is 4.72. The van der Waals surface area contributed by atoms with Crippen molar-refractivity contribution < 1.29 is 5.11 Å². The lowest BCUT2D eigenvalue weighted by Crippen LogP contribution is -1.81. The number of aliphatic hydroxyl groups is 1. The predicted octanol–water partition coefficient (Wildman–Crippen LogP) is 22.6. The van der Waals surface area contributed by atoms with Crippen molar-refractivity contribution in [3.63, 3.8) is 0 Å². The standard InChI is InChI=1S/C7H16O.8C6H14/c1-2-3-4-5-6-7-8;8*1-3-5-6-4-2/h8H,2-7H2,1H3;8*3-6H2,1-2H3. The second-order valence-corrected chi connectivity index (χ2v) is 15.8. The number of hydrogen-bond acceptors (Lipinski definition) is 1. The molecule has 0 unspecified atom stereocenters. The SMILES string of the molecule is CCCCCC.CCCCCC.CCCCCC.CCCCCC.CCCCCC.CCCCCC.CCCCCC.CCCCCC.CCCCCCCO. The van der Waals surface area contributed by atoms with Gasteiger partial charge in [-0.1, -0.05) is 349 Å².